The quantitative estimate of drug-likeness (QED) is 0.757. The van der Waals surface area contributed by atoms with E-state index in [9.17, 15) is 4.79 Å². The maximum absolute atomic E-state index is 11.4. The van der Waals surface area contributed by atoms with Crippen LogP contribution in [-0.4, -0.2) is 18.1 Å². The third-order valence-corrected chi connectivity index (χ3v) is 4.14. The summed E-state index contributed by atoms with van der Waals surface area (Å²) in [7, 11) is 1.29. The minimum atomic E-state index is -0.527. The van der Waals surface area contributed by atoms with E-state index in [2.05, 4.69) is 25.7 Å². The molecule has 0 saturated carbocycles. The Kier molecular flexibility index (Phi) is 4.44. The molecule has 0 radical (unpaired) electrons. The van der Waals surface area contributed by atoms with Crippen molar-refractivity contribution >= 4 is 44.8 Å². The van der Waals surface area contributed by atoms with Crippen LogP contribution in [0.5, 0.6) is 10.9 Å². The van der Waals surface area contributed by atoms with E-state index in [4.69, 9.17) is 16.3 Å². The van der Waals surface area contributed by atoms with Crippen molar-refractivity contribution in [2.75, 3.05) is 7.11 Å². The number of halogens is 2. The molecule has 0 aliphatic carbocycles. The molecule has 1 aromatic heterocycles. The van der Waals surface area contributed by atoms with Crippen LogP contribution >= 0.6 is 38.9 Å². The van der Waals surface area contributed by atoms with Gasteiger partial charge in [0.1, 0.15) is 5.75 Å². The lowest BCUT2D eigenvalue weighted by atomic mass is 10.2. The second-order valence-electron chi connectivity index (χ2n) is 3.63. The zero-order valence-corrected chi connectivity index (χ0v) is 13.2. The molecule has 1 aromatic carbocycles. The van der Waals surface area contributed by atoms with Crippen LogP contribution in [-0.2, 0) is 4.74 Å². The minimum absolute atomic E-state index is 0.0788. The van der Waals surface area contributed by atoms with Gasteiger partial charge in [0.15, 0.2) is 10.0 Å². The number of aryl methyl sites for hydroxylation is 1. The zero-order chi connectivity index (χ0) is 14.0. The van der Waals surface area contributed by atoms with Gasteiger partial charge in [0.05, 0.1) is 11.6 Å². The zero-order valence-electron chi connectivity index (χ0n) is 10.1. The summed E-state index contributed by atoms with van der Waals surface area (Å²) in [4.78, 5) is 15.6. The average Bonchev–Trinajstić information content (AvgIpc) is 2.73. The second kappa shape index (κ2) is 5.90. The molecule has 0 aliphatic rings. The van der Waals surface area contributed by atoms with E-state index in [0.717, 1.165) is 21.4 Å². The molecule has 0 N–H and O–H groups in total. The highest BCUT2D eigenvalue weighted by molar-refractivity contribution is 9.10. The lowest BCUT2D eigenvalue weighted by Gasteiger charge is -2.04. The molecule has 0 aliphatic heterocycles. The van der Waals surface area contributed by atoms with E-state index in [1.165, 1.54) is 7.11 Å². The molecule has 4 nitrogen and oxygen atoms in total. The Labute approximate surface area is 127 Å². The van der Waals surface area contributed by atoms with Crippen LogP contribution in [0.4, 0.5) is 0 Å². The molecule has 0 saturated heterocycles. The number of rotatable bonds is 3. The number of benzene rings is 1. The predicted octanol–water partition coefficient (Wildman–Crippen LogP) is 4.45. The van der Waals surface area contributed by atoms with Crippen molar-refractivity contribution in [1.29, 1.82) is 0 Å². The lowest BCUT2D eigenvalue weighted by molar-refractivity contribution is 0.0606. The van der Waals surface area contributed by atoms with Gasteiger partial charge in [-0.05, 0) is 40.5 Å². The third kappa shape index (κ3) is 3.26. The van der Waals surface area contributed by atoms with Gasteiger partial charge in [-0.1, -0.05) is 29.0 Å². The number of carbonyl (C=O) groups is 1. The Bertz CT molecular complexity index is 629. The summed E-state index contributed by atoms with van der Waals surface area (Å²) in [5.74, 6) is 0.0766. The smallest absolute Gasteiger partial charge is 0.351 e. The Hall–Kier alpha value is -1.11. The molecular formula is C12H9BrClNO3S. The van der Waals surface area contributed by atoms with Gasteiger partial charge in [-0.25, -0.2) is 4.79 Å². The molecule has 7 heteroatoms. The van der Waals surface area contributed by atoms with E-state index < -0.39 is 5.97 Å². The fourth-order valence-electron chi connectivity index (χ4n) is 1.33. The van der Waals surface area contributed by atoms with Gasteiger partial charge in [-0.3, -0.25) is 0 Å². The van der Waals surface area contributed by atoms with Crippen LogP contribution in [0.3, 0.4) is 0 Å². The number of carbonyl (C=O) groups excluding carboxylic acids is 1. The van der Waals surface area contributed by atoms with Crippen LogP contribution in [0.2, 0.25) is 5.15 Å². The molecule has 0 fully saturated rings. The van der Waals surface area contributed by atoms with Crippen molar-refractivity contribution < 1.29 is 14.3 Å². The standard InChI is InChI=1S/C12H9BrClNO3S/c1-6-3-4-8(7(13)5-6)18-12-15-10(14)9(19-12)11(16)17-2/h3-5H,1-2H3. The van der Waals surface area contributed by atoms with Gasteiger partial charge >= 0.3 is 5.97 Å². The number of thiazole rings is 1. The van der Waals surface area contributed by atoms with Crippen molar-refractivity contribution in [1.82, 2.24) is 4.98 Å². The Morgan fingerprint density at radius 1 is 1.47 bits per heavy atom. The van der Waals surface area contributed by atoms with Gasteiger partial charge in [0.2, 0.25) is 0 Å². The molecule has 2 aromatic rings. The summed E-state index contributed by atoms with van der Waals surface area (Å²) in [6, 6.07) is 5.65. The summed E-state index contributed by atoms with van der Waals surface area (Å²) in [6.45, 7) is 1.98. The number of hydrogen-bond acceptors (Lipinski definition) is 5. The first-order valence-electron chi connectivity index (χ1n) is 5.20. The highest BCUT2D eigenvalue weighted by atomic mass is 79.9. The number of methoxy groups -OCH3 is 1. The molecule has 0 spiro atoms. The fraction of sp³-hybridized carbons (Fsp3) is 0.167. The number of ether oxygens (including phenoxy) is 2. The first-order chi connectivity index (χ1) is 9.01. The number of nitrogens with zero attached hydrogens (tertiary/aromatic N) is 1. The molecule has 2 rings (SSSR count). The van der Waals surface area contributed by atoms with Crippen LogP contribution in [0.25, 0.3) is 0 Å². The average molecular weight is 363 g/mol. The van der Waals surface area contributed by atoms with Crippen LogP contribution in [0, 0.1) is 6.92 Å². The summed E-state index contributed by atoms with van der Waals surface area (Å²) in [5, 5.41) is 0.366. The highest BCUT2D eigenvalue weighted by Crippen LogP contribution is 2.35. The largest absolute Gasteiger partial charge is 0.465 e. The summed E-state index contributed by atoms with van der Waals surface area (Å²) in [6.07, 6.45) is 0. The molecule has 0 atom stereocenters. The molecule has 100 valence electrons. The Morgan fingerprint density at radius 3 is 2.84 bits per heavy atom. The van der Waals surface area contributed by atoms with Crippen molar-refractivity contribution in [3.05, 3.63) is 38.3 Å². The Morgan fingerprint density at radius 2 is 2.21 bits per heavy atom. The minimum Gasteiger partial charge on any atom is -0.465 e. The predicted molar refractivity (Wildman–Crippen MR) is 77.4 cm³/mol. The van der Waals surface area contributed by atoms with Gasteiger partial charge in [-0.15, -0.1) is 0 Å². The SMILES string of the molecule is COC(=O)c1sc(Oc2ccc(C)cc2Br)nc1Cl. The molecule has 1 heterocycles. The topological polar surface area (TPSA) is 48.4 Å². The summed E-state index contributed by atoms with van der Waals surface area (Å²) < 4.78 is 11.0. The maximum Gasteiger partial charge on any atom is 0.351 e. The summed E-state index contributed by atoms with van der Waals surface area (Å²) >= 11 is 10.3. The monoisotopic (exact) mass is 361 g/mol. The van der Waals surface area contributed by atoms with Crippen LogP contribution in [0.1, 0.15) is 15.2 Å². The van der Waals surface area contributed by atoms with Gasteiger partial charge in [0, 0.05) is 0 Å². The van der Waals surface area contributed by atoms with Crippen LogP contribution < -0.4 is 4.74 Å². The van der Waals surface area contributed by atoms with Crippen molar-refractivity contribution in [3.63, 3.8) is 0 Å². The lowest BCUT2D eigenvalue weighted by Crippen LogP contribution is -1.98. The molecule has 0 amide bonds. The van der Waals surface area contributed by atoms with Crippen molar-refractivity contribution in [2.24, 2.45) is 0 Å². The van der Waals surface area contributed by atoms with Gasteiger partial charge < -0.3 is 9.47 Å². The summed E-state index contributed by atoms with van der Waals surface area (Å²) in [5.41, 5.74) is 1.10. The van der Waals surface area contributed by atoms with E-state index in [1.807, 2.05) is 25.1 Å². The van der Waals surface area contributed by atoms with E-state index >= 15 is 0 Å². The van der Waals surface area contributed by atoms with Gasteiger partial charge in [0.25, 0.3) is 5.19 Å². The first-order valence-corrected chi connectivity index (χ1v) is 7.18. The molecule has 0 unspecified atom stereocenters. The molecule has 19 heavy (non-hydrogen) atoms. The van der Waals surface area contributed by atoms with Crippen LogP contribution in [0.15, 0.2) is 22.7 Å². The number of aromatic nitrogens is 1. The second-order valence-corrected chi connectivity index (χ2v) is 5.80. The molecule has 0 bridgehead atoms. The first kappa shape index (κ1) is 14.3. The van der Waals surface area contributed by atoms with Crippen molar-refractivity contribution in [2.45, 2.75) is 6.92 Å². The normalized spacial score (nSPS) is 10.3. The maximum atomic E-state index is 11.4. The van der Waals surface area contributed by atoms with Gasteiger partial charge in [-0.2, -0.15) is 4.98 Å². The third-order valence-electron chi connectivity index (χ3n) is 2.22. The molecular weight excluding hydrogens is 354 g/mol. The number of esters is 1. The van der Waals surface area contributed by atoms with E-state index in [-0.39, 0.29) is 15.2 Å². The Balaban J connectivity index is 2.26. The van der Waals surface area contributed by atoms with E-state index in [0.29, 0.717) is 5.75 Å². The highest BCUT2D eigenvalue weighted by Gasteiger charge is 2.18. The fourth-order valence-corrected chi connectivity index (χ4v) is 2.96. The van der Waals surface area contributed by atoms with Crippen molar-refractivity contribution in [3.8, 4) is 10.9 Å². The number of hydrogen-bond donors (Lipinski definition) is 0. The van der Waals surface area contributed by atoms with E-state index in [1.54, 1.807) is 0 Å².